The molecule has 4 nitrogen and oxygen atoms in total. The first kappa shape index (κ1) is 21.4. The highest BCUT2D eigenvalue weighted by Gasteiger charge is 2.27. The molecular formula is C24H29NO3S. The highest BCUT2D eigenvalue weighted by Crippen LogP contribution is 2.32. The number of amides is 1. The van der Waals surface area contributed by atoms with Crippen molar-refractivity contribution >= 4 is 23.5 Å². The van der Waals surface area contributed by atoms with Crippen molar-refractivity contribution in [3.05, 3.63) is 59.7 Å². The Labute approximate surface area is 177 Å². The molecule has 0 spiro atoms. The van der Waals surface area contributed by atoms with Gasteiger partial charge in [0, 0.05) is 29.8 Å². The first-order chi connectivity index (χ1) is 14.1. The largest absolute Gasteiger partial charge is 0.497 e. The topological polar surface area (TPSA) is 46.6 Å². The van der Waals surface area contributed by atoms with Gasteiger partial charge in [0.1, 0.15) is 5.75 Å². The molecule has 1 atom stereocenters. The summed E-state index contributed by atoms with van der Waals surface area (Å²) >= 11 is 1.65. The van der Waals surface area contributed by atoms with Gasteiger partial charge in [-0.25, -0.2) is 0 Å². The number of Topliss-reactive ketones (excluding diaryl/α,β-unsaturated/α-hetero) is 1. The van der Waals surface area contributed by atoms with Crippen LogP contribution in [0, 0.1) is 0 Å². The van der Waals surface area contributed by atoms with Gasteiger partial charge in [0.2, 0.25) is 5.91 Å². The minimum atomic E-state index is 0.0295. The Kier molecular flexibility index (Phi) is 7.76. The number of ether oxygens (including phenoxy) is 1. The van der Waals surface area contributed by atoms with Gasteiger partial charge in [-0.3, -0.25) is 9.59 Å². The first-order valence-corrected chi connectivity index (χ1v) is 11.5. The van der Waals surface area contributed by atoms with Crippen molar-refractivity contribution in [3.63, 3.8) is 0 Å². The van der Waals surface area contributed by atoms with Gasteiger partial charge in [-0.15, -0.1) is 11.8 Å². The molecule has 0 aromatic heterocycles. The van der Waals surface area contributed by atoms with Crippen molar-refractivity contribution in [1.29, 1.82) is 0 Å². The van der Waals surface area contributed by atoms with Crippen LogP contribution in [0.25, 0.3) is 0 Å². The lowest BCUT2D eigenvalue weighted by atomic mass is 9.99. The molecule has 154 valence electrons. The molecular weight excluding hydrogens is 382 g/mol. The summed E-state index contributed by atoms with van der Waals surface area (Å²) in [6.45, 7) is 0.756. The van der Waals surface area contributed by atoms with Crippen LogP contribution in [0.4, 0.5) is 0 Å². The first-order valence-electron chi connectivity index (χ1n) is 10.2. The van der Waals surface area contributed by atoms with E-state index in [0.29, 0.717) is 5.56 Å². The fraction of sp³-hybridized carbons (Fsp3) is 0.417. The van der Waals surface area contributed by atoms with E-state index in [1.807, 2.05) is 59.7 Å². The summed E-state index contributed by atoms with van der Waals surface area (Å²) in [6.07, 6.45) is 6.75. The molecule has 1 aliphatic rings. The zero-order chi connectivity index (χ0) is 20.6. The Balaban J connectivity index is 1.66. The van der Waals surface area contributed by atoms with Crippen LogP contribution in [0.5, 0.6) is 5.75 Å². The molecule has 0 saturated carbocycles. The third kappa shape index (κ3) is 5.63. The van der Waals surface area contributed by atoms with Gasteiger partial charge in [-0.2, -0.15) is 0 Å². The molecule has 0 bridgehead atoms. The smallest absolute Gasteiger partial charge is 0.223 e. The quantitative estimate of drug-likeness (QED) is 0.444. The maximum absolute atomic E-state index is 13.0. The second-order valence-corrected chi connectivity index (χ2v) is 8.26. The van der Waals surface area contributed by atoms with Crippen LogP contribution < -0.4 is 4.74 Å². The number of nitrogens with zero attached hydrogens (tertiary/aromatic N) is 1. The van der Waals surface area contributed by atoms with E-state index in [1.165, 1.54) is 0 Å². The summed E-state index contributed by atoms with van der Waals surface area (Å²) in [7, 11) is 1.65. The van der Waals surface area contributed by atoms with Crippen LogP contribution in [0.15, 0.2) is 53.4 Å². The normalized spacial score (nSPS) is 16.9. The SMILES string of the molecule is COc1ccc([C@@H]2CCCCCN2C(=O)CCC(=O)c2ccc(SC)cc2)cc1. The second-order valence-electron chi connectivity index (χ2n) is 7.38. The third-order valence-corrected chi connectivity index (χ3v) is 6.30. The Morgan fingerprint density at radius 3 is 2.38 bits per heavy atom. The van der Waals surface area contributed by atoms with Crippen LogP contribution in [-0.4, -0.2) is 36.5 Å². The van der Waals surface area contributed by atoms with Crippen LogP contribution in [-0.2, 0) is 4.79 Å². The lowest BCUT2D eigenvalue weighted by molar-refractivity contribution is -0.133. The summed E-state index contributed by atoms with van der Waals surface area (Å²) in [4.78, 5) is 28.7. The molecule has 1 aliphatic heterocycles. The average Bonchev–Trinajstić information content (AvgIpc) is 3.03. The van der Waals surface area contributed by atoms with E-state index in [4.69, 9.17) is 4.74 Å². The monoisotopic (exact) mass is 411 g/mol. The minimum Gasteiger partial charge on any atom is -0.497 e. The summed E-state index contributed by atoms with van der Waals surface area (Å²) in [5.41, 5.74) is 1.82. The van der Waals surface area contributed by atoms with Crippen LogP contribution in [0.3, 0.4) is 0 Å². The fourth-order valence-corrected chi connectivity index (χ4v) is 4.27. The summed E-state index contributed by atoms with van der Waals surface area (Å²) in [5.74, 6) is 0.918. The molecule has 5 heteroatoms. The maximum atomic E-state index is 13.0. The third-order valence-electron chi connectivity index (χ3n) is 5.55. The molecule has 0 N–H and O–H groups in total. The molecule has 0 aliphatic carbocycles. The van der Waals surface area contributed by atoms with E-state index in [0.717, 1.165) is 48.4 Å². The number of methoxy groups -OCH3 is 1. The summed E-state index contributed by atoms with van der Waals surface area (Å²) in [5, 5.41) is 0. The van der Waals surface area contributed by atoms with Gasteiger partial charge < -0.3 is 9.64 Å². The zero-order valence-corrected chi connectivity index (χ0v) is 18.0. The predicted octanol–water partition coefficient (Wildman–Crippen LogP) is 5.52. The number of hydrogen-bond donors (Lipinski definition) is 0. The molecule has 0 radical (unpaired) electrons. The number of thioether (sulfide) groups is 1. The predicted molar refractivity (Wildman–Crippen MR) is 118 cm³/mol. The Morgan fingerprint density at radius 2 is 1.72 bits per heavy atom. The second kappa shape index (κ2) is 10.5. The van der Waals surface area contributed by atoms with Gasteiger partial charge in [0.15, 0.2) is 5.78 Å². The van der Waals surface area contributed by atoms with E-state index in [2.05, 4.69) is 0 Å². The average molecular weight is 412 g/mol. The number of hydrogen-bond acceptors (Lipinski definition) is 4. The number of ketones is 1. The van der Waals surface area contributed by atoms with Crippen molar-refractivity contribution in [2.45, 2.75) is 49.5 Å². The number of carbonyl (C=O) groups is 2. The highest BCUT2D eigenvalue weighted by atomic mass is 32.2. The molecule has 1 heterocycles. The van der Waals surface area contributed by atoms with E-state index in [1.54, 1.807) is 18.9 Å². The Bertz CT molecular complexity index is 817. The number of carbonyl (C=O) groups excluding carboxylic acids is 2. The fourth-order valence-electron chi connectivity index (χ4n) is 3.86. The van der Waals surface area contributed by atoms with E-state index >= 15 is 0 Å². The van der Waals surface area contributed by atoms with Crippen molar-refractivity contribution in [2.75, 3.05) is 19.9 Å². The zero-order valence-electron chi connectivity index (χ0n) is 17.2. The molecule has 0 unspecified atom stereocenters. The van der Waals surface area contributed by atoms with Gasteiger partial charge in [0.25, 0.3) is 0 Å². The van der Waals surface area contributed by atoms with Crippen molar-refractivity contribution < 1.29 is 14.3 Å². The van der Waals surface area contributed by atoms with Crippen molar-refractivity contribution in [1.82, 2.24) is 4.90 Å². The van der Waals surface area contributed by atoms with Gasteiger partial charge >= 0.3 is 0 Å². The number of likely N-dealkylation sites (tertiary alicyclic amines) is 1. The van der Waals surface area contributed by atoms with E-state index in [-0.39, 0.29) is 30.6 Å². The molecule has 2 aromatic rings. The minimum absolute atomic E-state index is 0.0295. The molecule has 1 saturated heterocycles. The molecule has 29 heavy (non-hydrogen) atoms. The van der Waals surface area contributed by atoms with Gasteiger partial charge in [0.05, 0.1) is 13.2 Å². The number of benzene rings is 2. The summed E-state index contributed by atoms with van der Waals surface area (Å²) < 4.78 is 5.26. The standard InChI is InChI=1S/C24H29NO3S/c1-28-20-11-7-18(8-12-20)22-6-4-3-5-17-25(22)24(27)16-15-23(26)19-9-13-21(29-2)14-10-19/h7-14,22H,3-6,15-17H2,1-2H3/t22-/m0/s1. The van der Waals surface area contributed by atoms with Crippen LogP contribution in [0.2, 0.25) is 0 Å². The maximum Gasteiger partial charge on any atom is 0.223 e. The van der Waals surface area contributed by atoms with Gasteiger partial charge in [-0.05, 0) is 48.9 Å². The lowest BCUT2D eigenvalue weighted by Crippen LogP contribution is -2.35. The highest BCUT2D eigenvalue weighted by molar-refractivity contribution is 7.98. The van der Waals surface area contributed by atoms with Crippen molar-refractivity contribution in [3.8, 4) is 5.75 Å². The molecule has 1 amide bonds. The molecule has 2 aromatic carbocycles. The lowest BCUT2D eigenvalue weighted by Gasteiger charge is -2.30. The molecule has 1 fully saturated rings. The van der Waals surface area contributed by atoms with Crippen LogP contribution >= 0.6 is 11.8 Å². The molecule has 3 rings (SSSR count). The van der Waals surface area contributed by atoms with Gasteiger partial charge in [-0.1, -0.05) is 37.1 Å². The summed E-state index contributed by atoms with van der Waals surface area (Å²) in [6, 6.07) is 15.7. The number of rotatable bonds is 7. The van der Waals surface area contributed by atoms with Crippen LogP contribution in [0.1, 0.15) is 60.5 Å². The Morgan fingerprint density at radius 1 is 1.00 bits per heavy atom. The van der Waals surface area contributed by atoms with Crippen molar-refractivity contribution in [2.24, 2.45) is 0 Å². The van der Waals surface area contributed by atoms with E-state index in [9.17, 15) is 9.59 Å². The Hall–Kier alpha value is -2.27. The van der Waals surface area contributed by atoms with E-state index < -0.39 is 0 Å².